The summed E-state index contributed by atoms with van der Waals surface area (Å²) in [4.78, 5) is 15.0. The smallest absolute Gasteiger partial charge is 0.308 e. The highest BCUT2D eigenvalue weighted by Gasteiger charge is 2.24. The summed E-state index contributed by atoms with van der Waals surface area (Å²) in [7, 11) is -2.23. The Morgan fingerprint density at radius 2 is 2.25 bits per heavy atom. The predicted octanol–water partition coefficient (Wildman–Crippen LogP) is 0.314. The number of hydrogen-bond acceptors (Lipinski definition) is 6. The number of carboxylic acids is 1. The normalized spacial score (nSPS) is 11.9. The van der Waals surface area contributed by atoms with Crippen LogP contribution in [0.15, 0.2) is 22.7 Å². The van der Waals surface area contributed by atoms with Gasteiger partial charge in [-0.3, -0.25) is 9.89 Å². The van der Waals surface area contributed by atoms with Gasteiger partial charge in [-0.15, -0.1) is 11.3 Å². The van der Waals surface area contributed by atoms with Gasteiger partial charge in [-0.05, 0) is 12.1 Å². The lowest BCUT2D eigenvalue weighted by Gasteiger charge is -2.14. The third-order valence-corrected chi connectivity index (χ3v) is 5.82. The van der Waals surface area contributed by atoms with Crippen molar-refractivity contribution < 1.29 is 18.3 Å². The molecule has 20 heavy (non-hydrogen) atoms. The van der Waals surface area contributed by atoms with Crippen LogP contribution >= 0.6 is 11.3 Å². The van der Waals surface area contributed by atoms with Gasteiger partial charge in [-0.2, -0.15) is 9.40 Å². The molecule has 2 aromatic rings. The number of H-pyrrole nitrogens is 1. The van der Waals surface area contributed by atoms with Crippen molar-refractivity contribution in [2.24, 2.45) is 0 Å². The number of carbonyl (C=O) groups is 1. The largest absolute Gasteiger partial charge is 0.481 e. The van der Waals surface area contributed by atoms with Gasteiger partial charge in [-0.1, -0.05) is 0 Å². The van der Waals surface area contributed by atoms with Crippen LogP contribution in [-0.4, -0.2) is 46.0 Å². The van der Waals surface area contributed by atoms with Gasteiger partial charge in [0.25, 0.3) is 10.0 Å². The summed E-state index contributed by atoms with van der Waals surface area (Å²) in [5.41, 5.74) is 0. The predicted molar refractivity (Wildman–Crippen MR) is 70.7 cm³/mol. The Kier molecular flexibility index (Phi) is 4.16. The molecule has 0 saturated carbocycles. The summed E-state index contributed by atoms with van der Waals surface area (Å²) in [5, 5.41) is 14.9. The number of sulfonamides is 1. The zero-order chi connectivity index (χ0) is 14.8. The van der Waals surface area contributed by atoms with Gasteiger partial charge >= 0.3 is 5.97 Å². The highest BCUT2D eigenvalue weighted by molar-refractivity contribution is 7.91. The van der Waals surface area contributed by atoms with E-state index in [1.807, 2.05) is 0 Å². The van der Waals surface area contributed by atoms with Gasteiger partial charge in [-0.25, -0.2) is 13.4 Å². The fourth-order valence-corrected chi connectivity index (χ4v) is 4.19. The van der Waals surface area contributed by atoms with E-state index < -0.39 is 16.0 Å². The van der Waals surface area contributed by atoms with Crippen LogP contribution in [0.5, 0.6) is 0 Å². The molecule has 108 valence electrons. The average molecular weight is 316 g/mol. The molecule has 0 radical (unpaired) electrons. The van der Waals surface area contributed by atoms with Gasteiger partial charge in [0, 0.05) is 11.9 Å². The van der Waals surface area contributed by atoms with Crippen molar-refractivity contribution >= 4 is 27.3 Å². The molecule has 0 aliphatic carbocycles. The molecule has 0 saturated heterocycles. The number of carboxylic acid groups (broad SMARTS) is 1. The van der Waals surface area contributed by atoms with Gasteiger partial charge in [0.1, 0.15) is 16.4 Å². The van der Waals surface area contributed by atoms with Crippen molar-refractivity contribution in [3.63, 3.8) is 0 Å². The fourth-order valence-electron chi connectivity index (χ4n) is 1.50. The van der Waals surface area contributed by atoms with Crippen LogP contribution < -0.4 is 0 Å². The molecule has 0 aromatic carbocycles. The monoisotopic (exact) mass is 316 g/mol. The molecule has 2 aromatic heterocycles. The van der Waals surface area contributed by atoms with Crippen LogP contribution in [0.4, 0.5) is 0 Å². The van der Waals surface area contributed by atoms with E-state index in [0.717, 1.165) is 15.6 Å². The number of aromatic nitrogens is 3. The number of rotatable bonds is 6. The van der Waals surface area contributed by atoms with Gasteiger partial charge < -0.3 is 5.11 Å². The average Bonchev–Trinajstić information content (AvgIpc) is 2.99. The maximum Gasteiger partial charge on any atom is 0.308 e. The lowest BCUT2D eigenvalue weighted by Crippen LogP contribution is -2.26. The van der Waals surface area contributed by atoms with E-state index in [1.54, 1.807) is 0 Å². The molecule has 2 heterocycles. The van der Waals surface area contributed by atoms with E-state index in [0.29, 0.717) is 10.7 Å². The number of thiophene rings is 1. The van der Waals surface area contributed by atoms with Crippen LogP contribution in [0.25, 0.3) is 0 Å². The first-order chi connectivity index (χ1) is 9.39. The Hall–Kier alpha value is -1.78. The number of hydrogen-bond donors (Lipinski definition) is 2. The first-order valence-electron chi connectivity index (χ1n) is 5.50. The number of nitrogens with one attached hydrogen (secondary N) is 1. The van der Waals surface area contributed by atoms with Crippen molar-refractivity contribution in [1.82, 2.24) is 19.5 Å². The quantitative estimate of drug-likeness (QED) is 0.792. The summed E-state index contributed by atoms with van der Waals surface area (Å²) >= 11 is 0.952. The molecular weight excluding hydrogens is 304 g/mol. The number of aliphatic carboxylic acids is 1. The van der Waals surface area contributed by atoms with Crippen LogP contribution in [0.1, 0.15) is 10.7 Å². The van der Waals surface area contributed by atoms with Crippen LogP contribution in [0.3, 0.4) is 0 Å². The Morgan fingerprint density at radius 3 is 2.85 bits per heavy atom. The first-order valence-corrected chi connectivity index (χ1v) is 7.76. The highest BCUT2D eigenvalue weighted by Crippen LogP contribution is 2.25. The minimum Gasteiger partial charge on any atom is -0.481 e. The summed E-state index contributed by atoms with van der Waals surface area (Å²) in [6.07, 6.45) is 1.11. The third-order valence-electron chi connectivity index (χ3n) is 2.46. The Labute approximate surface area is 119 Å². The molecule has 8 nitrogen and oxygen atoms in total. The zero-order valence-corrected chi connectivity index (χ0v) is 12.1. The molecule has 0 amide bonds. The van der Waals surface area contributed by atoms with E-state index >= 15 is 0 Å². The molecule has 0 unspecified atom stereocenters. The van der Waals surface area contributed by atoms with Crippen molar-refractivity contribution in [2.45, 2.75) is 17.2 Å². The van der Waals surface area contributed by atoms with Crippen molar-refractivity contribution in [2.75, 3.05) is 7.05 Å². The summed E-state index contributed by atoms with van der Waals surface area (Å²) in [6, 6.07) is 2.92. The van der Waals surface area contributed by atoms with Gasteiger partial charge in [0.05, 0.1) is 13.0 Å². The van der Waals surface area contributed by atoms with Crippen molar-refractivity contribution in [3.05, 3.63) is 29.2 Å². The maximum atomic E-state index is 12.3. The Bertz CT molecular complexity index is 693. The summed E-state index contributed by atoms with van der Waals surface area (Å²) in [5.74, 6) is -0.566. The highest BCUT2D eigenvalue weighted by atomic mass is 32.2. The van der Waals surface area contributed by atoms with Crippen LogP contribution in [-0.2, 0) is 27.8 Å². The van der Waals surface area contributed by atoms with Crippen LogP contribution in [0.2, 0.25) is 0 Å². The second-order valence-electron chi connectivity index (χ2n) is 3.98. The maximum absolute atomic E-state index is 12.3. The number of nitrogens with zero attached hydrogens (tertiary/aromatic N) is 3. The van der Waals surface area contributed by atoms with E-state index in [1.165, 1.54) is 25.5 Å². The second kappa shape index (κ2) is 5.69. The van der Waals surface area contributed by atoms with Crippen molar-refractivity contribution in [1.29, 1.82) is 0 Å². The molecule has 10 heteroatoms. The summed E-state index contributed by atoms with van der Waals surface area (Å²) in [6.45, 7) is 0.0640. The van der Waals surface area contributed by atoms with E-state index in [-0.39, 0.29) is 17.2 Å². The minimum absolute atomic E-state index is 0.0640. The summed E-state index contributed by atoms with van der Waals surface area (Å²) < 4.78 is 25.8. The standard InChI is InChI=1S/C10H12N4O4S2/c1-14(5-8-11-6-12-13-8)20(17,18)10-3-2-7(19-10)4-9(15)16/h2-3,6H,4-5H2,1H3,(H,15,16)(H,11,12,13). The van der Waals surface area contributed by atoms with Gasteiger partial charge in [0.15, 0.2) is 0 Å². The SMILES string of the molecule is CN(Cc1ncn[nH]1)S(=O)(=O)c1ccc(CC(=O)O)s1. The molecule has 0 aliphatic rings. The molecule has 0 atom stereocenters. The van der Waals surface area contributed by atoms with Crippen molar-refractivity contribution in [3.8, 4) is 0 Å². The topological polar surface area (TPSA) is 116 Å². The molecule has 2 rings (SSSR count). The lowest BCUT2D eigenvalue weighted by atomic mass is 10.3. The zero-order valence-electron chi connectivity index (χ0n) is 10.5. The molecule has 0 aliphatic heterocycles. The van der Waals surface area contributed by atoms with Gasteiger partial charge in [0.2, 0.25) is 0 Å². The third kappa shape index (κ3) is 3.21. The van der Waals surface area contributed by atoms with Crippen LogP contribution in [0, 0.1) is 0 Å². The Morgan fingerprint density at radius 1 is 1.50 bits per heavy atom. The lowest BCUT2D eigenvalue weighted by molar-refractivity contribution is -0.136. The minimum atomic E-state index is -3.66. The molecular formula is C10H12N4O4S2. The van der Waals surface area contributed by atoms with E-state index in [4.69, 9.17) is 5.11 Å². The molecule has 2 N–H and O–H groups in total. The molecule has 0 bridgehead atoms. The Balaban J connectivity index is 2.16. The van der Waals surface area contributed by atoms with E-state index in [9.17, 15) is 13.2 Å². The fraction of sp³-hybridized carbons (Fsp3) is 0.300. The first kappa shape index (κ1) is 14.6. The number of aromatic amines is 1. The van der Waals surface area contributed by atoms with E-state index in [2.05, 4.69) is 15.2 Å². The molecule has 0 fully saturated rings. The second-order valence-corrected chi connectivity index (χ2v) is 7.42. The molecule has 0 spiro atoms.